The van der Waals surface area contributed by atoms with Gasteiger partial charge >= 0.3 is 0 Å². The van der Waals surface area contributed by atoms with Gasteiger partial charge < -0.3 is 14.8 Å². The van der Waals surface area contributed by atoms with Crippen LogP contribution in [0, 0.1) is 5.92 Å². The van der Waals surface area contributed by atoms with Crippen molar-refractivity contribution in [2.45, 2.75) is 43.3 Å². The molecule has 1 aliphatic carbocycles. The van der Waals surface area contributed by atoms with Crippen LogP contribution in [0.1, 0.15) is 48.7 Å². The molecule has 0 unspecified atom stereocenters. The summed E-state index contributed by atoms with van der Waals surface area (Å²) in [6.07, 6.45) is 6.10. The van der Waals surface area contributed by atoms with Crippen LogP contribution in [-0.2, 0) is 11.2 Å². The fraction of sp³-hybridized carbons (Fsp3) is 0.400. The van der Waals surface area contributed by atoms with Crippen LogP contribution >= 0.6 is 11.8 Å². The Morgan fingerprint density at radius 3 is 2.15 bits per heavy atom. The highest BCUT2D eigenvalue weighted by Crippen LogP contribution is 2.28. The Morgan fingerprint density at radius 1 is 1.03 bits per heavy atom. The predicted octanol–water partition coefficient (Wildman–Crippen LogP) is 4.55. The molecule has 1 aliphatic rings. The van der Waals surface area contributed by atoms with Crippen LogP contribution in [0.3, 0.4) is 0 Å². The minimum absolute atomic E-state index is 0.0845. The van der Waals surface area contributed by atoms with Crippen molar-refractivity contribution in [3.8, 4) is 11.5 Å². The van der Waals surface area contributed by atoms with Crippen LogP contribution in [0.2, 0.25) is 0 Å². The minimum atomic E-state index is -0.292. The number of amides is 1. The maximum absolute atomic E-state index is 12.9. The molecular weight excluding hydrogens is 436 g/mol. The van der Waals surface area contributed by atoms with Crippen LogP contribution in [0.15, 0.2) is 53.7 Å². The molecule has 1 heterocycles. The second-order valence-electron chi connectivity index (χ2n) is 8.25. The number of thioether (sulfide) groups is 1. The number of hydrogen-bond donors (Lipinski definition) is 2. The van der Waals surface area contributed by atoms with Gasteiger partial charge in [0.05, 0.1) is 26.0 Å². The Balaban J connectivity index is 1.40. The Hall–Kier alpha value is -3.00. The van der Waals surface area contributed by atoms with E-state index in [9.17, 15) is 4.79 Å². The second-order valence-corrected chi connectivity index (χ2v) is 9.20. The van der Waals surface area contributed by atoms with Gasteiger partial charge in [-0.25, -0.2) is 4.98 Å². The first-order valence-corrected chi connectivity index (χ1v) is 12.2. The van der Waals surface area contributed by atoms with Crippen molar-refractivity contribution in [3.05, 3.63) is 65.5 Å². The molecule has 0 atom stereocenters. The highest BCUT2D eigenvalue weighted by molar-refractivity contribution is 7.99. The summed E-state index contributed by atoms with van der Waals surface area (Å²) in [6.45, 7) is 0. The molecule has 0 bridgehead atoms. The molecule has 8 heteroatoms. The molecule has 7 nitrogen and oxygen atoms in total. The number of carbonyl (C=O) groups is 1. The molecule has 0 spiro atoms. The summed E-state index contributed by atoms with van der Waals surface area (Å²) in [6, 6.07) is 15.1. The summed E-state index contributed by atoms with van der Waals surface area (Å²) in [5.41, 5.74) is 1.94. The molecule has 1 aromatic heterocycles. The summed E-state index contributed by atoms with van der Waals surface area (Å²) >= 11 is 1.35. The summed E-state index contributed by atoms with van der Waals surface area (Å²) < 4.78 is 10.5. The number of rotatable bonds is 10. The van der Waals surface area contributed by atoms with Crippen LogP contribution in [0.4, 0.5) is 0 Å². The number of aromatic amines is 1. The molecule has 0 saturated heterocycles. The van der Waals surface area contributed by atoms with Gasteiger partial charge in [0.2, 0.25) is 11.1 Å². The topological polar surface area (TPSA) is 89.1 Å². The van der Waals surface area contributed by atoms with E-state index in [1.165, 1.54) is 37.4 Å². The molecule has 2 N–H and O–H groups in total. The lowest BCUT2D eigenvalue weighted by atomic mass is 9.98. The number of nitrogens with one attached hydrogen (secondary N) is 2. The van der Waals surface area contributed by atoms with Crippen molar-refractivity contribution in [1.82, 2.24) is 20.5 Å². The summed E-state index contributed by atoms with van der Waals surface area (Å²) in [5, 5.41) is 11.1. The SMILES string of the molecule is COc1ccc(C(NC(=O)CSc2n[nH]c(CC3CCCC3)n2)c2ccc(OC)cc2)cc1. The van der Waals surface area contributed by atoms with E-state index in [1.54, 1.807) is 14.2 Å². The van der Waals surface area contributed by atoms with Gasteiger partial charge in [0.25, 0.3) is 0 Å². The standard InChI is InChI=1S/C25H30N4O3S/c1-31-20-11-7-18(8-12-20)24(19-9-13-21(32-2)14-10-19)27-23(30)16-33-25-26-22(28-29-25)15-17-5-3-4-6-17/h7-14,17,24H,3-6,15-16H2,1-2H3,(H,27,30)(H,26,28,29). The molecule has 1 saturated carbocycles. The van der Waals surface area contributed by atoms with E-state index in [-0.39, 0.29) is 17.7 Å². The van der Waals surface area contributed by atoms with E-state index >= 15 is 0 Å². The second kappa shape index (κ2) is 11.2. The molecule has 3 aromatic rings. The molecule has 2 aromatic carbocycles. The van der Waals surface area contributed by atoms with Crippen molar-refractivity contribution in [2.24, 2.45) is 5.92 Å². The number of aromatic nitrogens is 3. The first kappa shape index (κ1) is 23.2. The molecule has 0 radical (unpaired) electrons. The van der Waals surface area contributed by atoms with Crippen molar-refractivity contribution in [3.63, 3.8) is 0 Å². The Labute approximate surface area is 198 Å². The highest BCUT2D eigenvalue weighted by atomic mass is 32.2. The van der Waals surface area contributed by atoms with Gasteiger partial charge in [-0.3, -0.25) is 9.89 Å². The Kier molecular flexibility index (Phi) is 7.88. The van der Waals surface area contributed by atoms with Gasteiger partial charge in [0.1, 0.15) is 17.3 Å². The lowest BCUT2D eigenvalue weighted by Gasteiger charge is -2.20. The average Bonchev–Trinajstić information content (AvgIpc) is 3.54. The zero-order chi connectivity index (χ0) is 23.0. The van der Waals surface area contributed by atoms with E-state index in [4.69, 9.17) is 9.47 Å². The van der Waals surface area contributed by atoms with Crippen molar-refractivity contribution in [1.29, 1.82) is 0 Å². The van der Waals surface area contributed by atoms with Crippen molar-refractivity contribution >= 4 is 17.7 Å². The van der Waals surface area contributed by atoms with Crippen LogP contribution in [0.5, 0.6) is 11.5 Å². The monoisotopic (exact) mass is 466 g/mol. The fourth-order valence-electron chi connectivity index (χ4n) is 4.21. The zero-order valence-electron chi connectivity index (χ0n) is 19.0. The number of ether oxygens (including phenoxy) is 2. The summed E-state index contributed by atoms with van der Waals surface area (Å²) in [7, 11) is 3.27. The van der Waals surface area contributed by atoms with E-state index in [0.29, 0.717) is 11.1 Å². The molecule has 174 valence electrons. The van der Waals surface area contributed by atoms with E-state index in [2.05, 4.69) is 20.5 Å². The number of nitrogens with zero attached hydrogens (tertiary/aromatic N) is 2. The Bertz CT molecular complexity index is 983. The fourth-order valence-corrected chi connectivity index (χ4v) is 4.83. The number of methoxy groups -OCH3 is 2. The third-order valence-corrected chi connectivity index (χ3v) is 6.85. The lowest BCUT2D eigenvalue weighted by Crippen LogP contribution is -2.30. The van der Waals surface area contributed by atoms with Gasteiger partial charge in [-0.2, -0.15) is 0 Å². The average molecular weight is 467 g/mol. The van der Waals surface area contributed by atoms with E-state index in [1.807, 2.05) is 48.5 Å². The van der Waals surface area contributed by atoms with E-state index in [0.717, 1.165) is 34.9 Å². The number of hydrogen-bond acceptors (Lipinski definition) is 6. The van der Waals surface area contributed by atoms with Crippen LogP contribution in [-0.4, -0.2) is 41.1 Å². The molecular formula is C25H30N4O3S. The normalized spacial score (nSPS) is 13.9. The molecule has 1 amide bonds. The quantitative estimate of drug-likeness (QED) is 0.426. The highest BCUT2D eigenvalue weighted by Gasteiger charge is 2.20. The first-order chi connectivity index (χ1) is 16.1. The summed E-state index contributed by atoms with van der Waals surface area (Å²) in [5.74, 6) is 3.31. The van der Waals surface area contributed by atoms with Gasteiger partial charge in [-0.1, -0.05) is 61.7 Å². The largest absolute Gasteiger partial charge is 0.497 e. The maximum Gasteiger partial charge on any atom is 0.231 e. The number of benzene rings is 2. The molecule has 1 fully saturated rings. The van der Waals surface area contributed by atoms with E-state index < -0.39 is 0 Å². The third kappa shape index (κ3) is 6.28. The zero-order valence-corrected chi connectivity index (χ0v) is 19.9. The van der Waals surface area contributed by atoms with Crippen molar-refractivity contribution < 1.29 is 14.3 Å². The van der Waals surface area contributed by atoms with Gasteiger partial charge in [-0.15, -0.1) is 5.10 Å². The molecule has 4 rings (SSSR count). The lowest BCUT2D eigenvalue weighted by molar-refractivity contribution is -0.119. The Morgan fingerprint density at radius 2 is 1.61 bits per heavy atom. The first-order valence-electron chi connectivity index (χ1n) is 11.3. The third-order valence-electron chi connectivity index (χ3n) is 6.00. The maximum atomic E-state index is 12.9. The van der Waals surface area contributed by atoms with Gasteiger partial charge in [0.15, 0.2) is 0 Å². The van der Waals surface area contributed by atoms with Gasteiger partial charge in [0, 0.05) is 6.42 Å². The summed E-state index contributed by atoms with van der Waals surface area (Å²) in [4.78, 5) is 17.4. The number of H-pyrrole nitrogens is 1. The van der Waals surface area contributed by atoms with Crippen LogP contribution in [0.25, 0.3) is 0 Å². The van der Waals surface area contributed by atoms with Crippen molar-refractivity contribution in [2.75, 3.05) is 20.0 Å². The molecule has 33 heavy (non-hydrogen) atoms. The van der Waals surface area contributed by atoms with Gasteiger partial charge in [-0.05, 0) is 41.3 Å². The number of carbonyl (C=O) groups excluding carboxylic acids is 1. The minimum Gasteiger partial charge on any atom is -0.497 e. The molecule has 0 aliphatic heterocycles. The predicted molar refractivity (Wildman–Crippen MR) is 129 cm³/mol. The van der Waals surface area contributed by atoms with Crippen LogP contribution < -0.4 is 14.8 Å². The smallest absolute Gasteiger partial charge is 0.231 e.